The molecule has 0 amide bonds. The maximum Gasteiger partial charge on any atom is 0.162 e. The molecular formula is C18H16N4O2. The minimum atomic E-state index is 0.771. The van der Waals surface area contributed by atoms with E-state index in [0.29, 0.717) is 0 Å². The normalized spacial score (nSPS) is 11.1. The molecule has 0 saturated carbocycles. The highest BCUT2D eigenvalue weighted by molar-refractivity contribution is 5.88. The van der Waals surface area contributed by atoms with Crippen LogP contribution in [-0.2, 0) is 7.05 Å². The number of aryl methyl sites for hydroxylation is 2. The molecule has 3 heterocycles. The lowest BCUT2D eigenvalue weighted by molar-refractivity contribution is 0.419. The van der Waals surface area contributed by atoms with Gasteiger partial charge >= 0.3 is 0 Å². The average Bonchev–Trinajstić information content (AvgIpc) is 3.23. The Morgan fingerprint density at radius 2 is 1.88 bits per heavy atom. The first kappa shape index (κ1) is 14.4. The van der Waals surface area contributed by atoms with Crippen LogP contribution in [0.2, 0.25) is 0 Å². The van der Waals surface area contributed by atoms with Crippen molar-refractivity contribution < 1.29 is 9.26 Å². The molecule has 0 bridgehead atoms. The van der Waals surface area contributed by atoms with Gasteiger partial charge in [0.15, 0.2) is 5.65 Å². The monoisotopic (exact) mass is 320 g/mol. The van der Waals surface area contributed by atoms with Gasteiger partial charge < -0.3 is 9.26 Å². The Morgan fingerprint density at radius 3 is 2.58 bits per heavy atom. The lowest BCUT2D eigenvalue weighted by atomic mass is 10.0. The molecule has 0 radical (unpaired) electrons. The van der Waals surface area contributed by atoms with Crippen molar-refractivity contribution in [3.63, 3.8) is 0 Å². The van der Waals surface area contributed by atoms with E-state index in [9.17, 15) is 0 Å². The van der Waals surface area contributed by atoms with E-state index in [2.05, 4.69) is 10.3 Å². The second-order valence-corrected chi connectivity index (χ2v) is 5.58. The van der Waals surface area contributed by atoms with Gasteiger partial charge in [0, 0.05) is 30.3 Å². The zero-order chi connectivity index (χ0) is 16.7. The summed E-state index contributed by atoms with van der Waals surface area (Å²) in [4.78, 5) is 4.77. The maximum absolute atomic E-state index is 5.57. The van der Waals surface area contributed by atoms with Crippen molar-refractivity contribution in [2.75, 3.05) is 7.11 Å². The van der Waals surface area contributed by atoms with E-state index < -0.39 is 0 Å². The average molecular weight is 320 g/mol. The van der Waals surface area contributed by atoms with Crippen LogP contribution in [0.15, 0.2) is 47.2 Å². The van der Waals surface area contributed by atoms with E-state index in [1.807, 2.05) is 50.4 Å². The van der Waals surface area contributed by atoms with Crippen molar-refractivity contribution in [3.05, 3.63) is 48.4 Å². The summed E-state index contributed by atoms with van der Waals surface area (Å²) >= 11 is 0. The van der Waals surface area contributed by atoms with Gasteiger partial charge in [-0.3, -0.25) is 4.68 Å². The number of benzene rings is 1. The molecule has 0 fully saturated rings. The van der Waals surface area contributed by atoms with E-state index in [4.69, 9.17) is 14.2 Å². The molecule has 6 heteroatoms. The summed E-state index contributed by atoms with van der Waals surface area (Å²) in [5.41, 5.74) is 5.28. The molecule has 0 saturated heterocycles. The third-order valence-electron chi connectivity index (χ3n) is 4.04. The summed E-state index contributed by atoms with van der Waals surface area (Å²) in [6, 6.07) is 11.8. The zero-order valence-electron chi connectivity index (χ0n) is 13.6. The third-order valence-corrected chi connectivity index (χ3v) is 4.04. The molecule has 0 atom stereocenters. The van der Waals surface area contributed by atoms with Crippen LogP contribution < -0.4 is 4.74 Å². The van der Waals surface area contributed by atoms with E-state index in [-0.39, 0.29) is 0 Å². The lowest BCUT2D eigenvalue weighted by Gasteiger charge is -2.08. The Hall–Kier alpha value is -3.15. The van der Waals surface area contributed by atoms with Gasteiger partial charge in [-0.1, -0.05) is 23.4 Å². The first-order chi connectivity index (χ1) is 11.7. The Labute approximate surface area is 138 Å². The predicted octanol–water partition coefficient (Wildman–Crippen LogP) is 3.61. The van der Waals surface area contributed by atoms with Crippen molar-refractivity contribution in [1.82, 2.24) is 19.9 Å². The number of nitrogens with zero attached hydrogens (tertiary/aromatic N) is 4. The fourth-order valence-electron chi connectivity index (χ4n) is 2.91. The van der Waals surface area contributed by atoms with Gasteiger partial charge in [-0.25, -0.2) is 4.98 Å². The molecule has 24 heavy (non-hydrogen) atoms. The Morgan fingerprint density at radius 1 is 1.08 bits per heavy atom. The molecule has 0 aliphatic rings. The van der Waals surface area contributed by atoms with Crippen LogP contribution >= 0.6 is 0 Å². The van der Waals surface area contributed by atoms with E-state index in [0.717, 1.165) is 45.0 Å². The highest BCUT2D eigenvalue weighted by atomic mass is 16.5. The SMILES string of the molecule is COc1cc(-c2cccc(-c3ccon3)c2)nc2c1c(C)nn2C. The number of aromatic nitrogens is 4. The maximum atomic E-state index is 5.57. The molecule has 0 unspecified atom stereocenters. The van der Waals surface area contributed by atoms with Gasteiger partial charge in [-0.15, -0.1) is 0 Å². The fourth-order valence-corrected chi connectivity index (χ4v) is 2.91. The highest BCUT2D eigenvalue weighted by Crippen LogP contribution is 2.32. The standard InChI is InChI=1S/C18H16N4O2/c1-11-17-16(23-3)10-15(19-18(17)22(2)20-11)13-6-4-5-12(9-13)14-7-8-24-21-14/h4-10H,1-3H3. The van der Waals surface area contributed by atoms with Gasteiger partial charge in [0.2, 0.25) is 0 Å². The lowest BCUT2D eigenvalue weighted by Crippen LogP contribution is -1.95. The number of fused-ring (bicyclic) bond motifs is 1. The van der Waals surface area contributed by atoms with Crippen molar-refractivity contribution in [2.24, 2.45) is 7.05 Å². The van der Waals surface area contributed by atoms with Gasteiger partial charge in [-0.2, -0.15) is 5.10 Å². The molecule has 4 rings (SSSR count). The van der Waals surface area contributed by atoms with Crippen molar-refractivity contribution in [1.29, 1.82) is 0 Å². The summed E-state index contributed by atoms with van der Waals surface area (Å²) in [5, 5.41) is 9.37. The second-order valence-electron chi connectivity index (χ2n) is 5.58. The fraction of sp³-hybridized carbons (Fsp3) is 0.167. The van der Waals surface area contributed by atoms with Crippen molar-refractivity contribution >= 4 is 11.0 Å². The summed E-state index contributed by atoms with van der Waals surface area (Å²) in [6.45, 7) is 1.96. The van der Waals surface area contributed by atoms with Crippen LogP contribution in [0.25, 0.3) is 33.5 Å². The largest absolute Gasteiger partial charge is 0.496 e. The second kappa shape index (κ2) is 5.49. The molecular weight excluding hydrogens is 304 g/mol. The van der Waals surface area contributed by atoms with Crippen molar-refractivity contribution in [3.8, 4) is 28.3 Å². The van der Waals surface area contributed by atoms with Gasteiger partial charge in [0.25, 0.3) is 0 Å². The Balaban J connectivity index is 1.91. The predicted molar refractivity (Wildman–Crippen MR) is 90.7 cm³/mol. The zero-order valence-corrected chi connectivity index (χ0v) is 13.6. The summed E-state index contributed by atoms with van der Waals surface area (Å²) in [5.74, 6) is 0.771. The molecule has 1 aromatic carbocycles. The minimum Gasteiger partial charge on any atom is -0.496 e. The minimum absolute atomic E-state index is 0.771. The summed E-state index contributed by atoms with van der Waals surface area (Å²) in [6.07, 6.45) is 1.56. The van der Waals surface area contributed by atoms with Crippen molar-refractivity contribution in [2.45, 2.75) is 6.92 Å². The summed E-state index contributed by atoms with van der Waals surface area (Å²) in [7, 11) is 3.55. The number of ether oxygens (including phenoxy) is 1. The molecule has 0 N–H and O–H groups in total. The van der Waals surface area contributed by atoms with E-state index in [1.165, 1.54) is 0 Å². The summed E-state index contributed by atoms with van der Waals surface area (Å²) < 4.78 is 12.3. The van der Waals surface area contributed by atoms with Gasteiger partial charge in [-0.05, 0) is 13.0 Å². The van der Waals surface area contributed by atoms with Crippen LogP contribution in [0.5, 0.6) is 5.75 Å². The first-order valence-corrected chi connectivity index (χ1v) is 7.57. The number of hydrogen-bond donors (Lipinski definition) is 0. The number of pyridine rings is 1. The van der Waals surface area contributed by atoms with Crippen LogP contribution in [0, 0.1) is 6.92 Å². The van der Waals surface area contributed by atoms with E-state index in [1.54, 1.807) is 18.1 Å². The molecule has 4 aromatic rings. The number of rotatable bonds is 3. The van der Waals surface area contributed by atoms with Crippen LogP contribution in [0.3, 0.4) is 0 Å². The molecule has 0 aliphatic carbocycles. The van der Waals surface area contributed by atoms with Crippen LogP contribution in [0.1, 0.15) is 5.69 Å². The highest BCUT2D eigenvalue weighted by Gasteiger charge is 2.15. The van der Waals surface area contributed by atoms with Gasteiger partial charge in [0.1, 0.15) is 17.7 Å². The van der Waals surface area contributed by atoms with Gasteiger partial charge in [0.05, 0.1) is 23.9 Å². The Bertz CT molecular complexity index is 1020. The number of hydrogen-bond acceptors (Lipinski definition) is 5. The molecule has 0 aliphatic heterocycles. The molecule has 120 valence electrons. The molecule has 6 nitrogen and oxygen atoms in total. The topological polar surface area (TPSA) is 66.0 Å². The Kier molecular flexibility index (Phi) is 3.30. The quantitative estimate of drug-likeness (QED) is 0.577. The first-order valence-electron chi connectivity index (χ1n) is 7.57. The molecule has 0 spiro atoms. The smallest absolute Gasteiger partial charge is 0.162 e. The number of methoxy groups -OCH3 is 1. The van der Waals surface area contributed by atoms with Crippen LogP contribution in [0.4, 0.5) is 0 Å². The van der Waals surface area contributed by atoms with Crippen LogP contribution in [-0.4, -0.2) is 27.0 Å². The van der Waals surface area contributed by atoms with E-state index >= 15 is 0 Å². The third kappa shape index (κ3) is 2.23. The molecule has 3 aromatic heterocycles.